The summed E-state index contributed by atoms with van der Waals surface area (Å²) >= 11 is 5.89. The molecule has 1 amide bonds. The van der Waals surface area contributed by atoms with Crippen LogP contribution >= 0.6 is 11.6 Å². The molecule has 0 aliphatic carbocycles. The topological polar surface area (TPSA) is 90.7 Å². The molecule has 1 N–H and O–H groups in total. The van der Waals surface area contributed by atoms with E-state index < -0.39 is 10.8 Å². The maximum atomic E-state index is 12.1. The van der Waals surface area contributed by atoms with Gasteiger partial charge in [0.05, 0.1) is 18.6 Å². The molecule has 0 radical (unpaired) electrons. The third-order valence-electron chi connectivity index (χ3n) is 3.64. The molecule has 0 heterocycles. The van der Waals surface area contributed by atoms with E-state index in [1.807, 2.05) is 13.0 Å². The van der Waals surface area contributed by atoms with Gasteiger partial charge in [-0.3, -0.25) is 14.9 Å². The van der Waals surface area contributed by atoms with Crippen LogP contribution in [0.25, 0.3) is 0 Å². The lowest BCUT2D eigenvalue weighted by Crippen LogP contribution is -2.25. The van der Waals surface area contributed by atoms with Crippen molar-refractivity contribution < 1.29 is 19.2 Å². The first-order valence-corrected chi connectivity index (χ1v) is 8.29. The number of nitro benzene ring substituents is 1. The van der Waals surface area contributed by atoms with Crippen molar-refractivity contribution in [2.24, 2.45) is 0 Å². The quantitative estimate of drug-likeness (QED) is 0.429. The highest BCUT2D eigenvalue weighted by Gasteiger charge is 2.17. The minimum absolute atomic E-state index is 0.110. The summed E-state index contributed by atoms with van der Waals surface area (Å²) in [5.41, 5.74) is 0.890. The highest BCUT2D eigenvalue weighted by molar-refractivity contribution is 6.30. The number of nitrogens with one attached hydrogen (secondary N) is 1. The number of benzene rings is 2. The molecule has 0 aliphatic heterocycles. The molecule has 2 rings (SSSR count). The van der Waals surface area contributed by atoms with Gasteiger partial charge in [0.25, 0.3) is 5.91 Å². The van der Waals surface area contributed by atoms with E-state index in [1.165, 1.54) is 25.3 Å². The van der Waals surface area contributed by atoms with Crippen LogP contribution < -0.4 is 14.8 Å². The smallest absolute Gasteiger partial charge is 0.311 e. The van der Waals surface area contributed by atoms with Crippen LogP contribution in [-0.4, -0.2) is 31.1 Å². The van der Waals surface area contributed by atoms with Gasteiger partial charge in [0.1, 0.15) is 5.75 Å². The molecule has 0 aliphatic rings. The zero-order chi connectivity index (χ0) is 19.1. The Balaban J connectivity index is 1.83. The first-order valence-electron chi connectivity index (χ1n) is 7.92. The number of nitrogens with zero attached hydrogens (tertiary/aromatic N) is 1. The van der Waals surface area contributed by atoms with Gasteiger partial charge < -0.3 is 14.8 Å². The van der Waals surface area contributed by atoms with Crippen molar-refractivity contribution >= 4 is 23.2 Å². The Morgan fingerprint density at radius 3 is 2.62 bits per heavy atom. The molecule has 0 aromatic heterocycles. The number of carbonyl (C=O) groups is 1. The lowest BCUT2D eigenvalue weighted by molar-refractivity contribution is -0.385. The van der Waals surface area contributed by atoms with Crippen molar-refractivity contribution in [2.45, 2.75) is 13.3 Å². The van der Waals surface area contributed by atoms with Crippen molar-refractivity contribution in [1.82, 2.24) is 5.32 Å². The Hall–Kier alpha value is -2.80. The molecule has 138 valence electrons. The van der Waals surface area contributed by atoms with E-state index in [0.717, 1.165) is 11.3 Å². The van der Waals surface area contributed by atoms with E-state index in [0.29, 0.717) is 24.6 Å². The van der Waals surface area contributed by atoms with E-state index >= 15 is 0 Å². The van der Waals surface area contributed by atoms with Crippen LogP contribution in [0.4, 0.5) is 5.69 Å². The van der Waals surface area contributed by atoms with Crippen molar-refractivity contribution in [3.63, 3.8) is 0 Å². The molecule has 0 fully saturated rings. The number of hydrogen-bond acceptors (Lipinski definition) is 5. The predicted octanol–water partition coefficient (Wildman–Crippen LogP) is 3.76. The van der Waals surface area contributed by atoms with Gasteiger partial charge in [0, 0.05) is 23.2 Å². The SMILES string of the molecule is COc1ccc(C(=O)NCCCOc2ccc(Cl)cc2C)cc1[N+](=O)[O-]. The fourth-order valence-corrected chi connectivity index (χ4v) is 2.53. The lowest BCUT2D eigenvalue weighted by Gasteiger charge is -2.10. The minimum Gasteiger partial charge on any atom is -0.493 e. The summed E-state index contributed by atoms with van der Waals surface area (Å²) in [6.45, 7) is 2.70. The number of hydrogen-bond donors (Lipinski definition) is 1. The molecular formula is C18H19ClN2O5. The average Bonchev–Trinajstić information content (AvgIpc) is 2.62. The van der Waals surface area contributed by atoms with Gasteiger partial charge in [0.2, 0.25) is 0 Å². The lowest BCUT2D eigenvalue weighted by atomic mass is 10.1. The van der Waals surface area contributed by atoms with Crippen LogP contribution in [0.15, 0.2) is 36.4 Å². The van der Waals surface area contributed by atoms with Crippen LogP contribution in [0.1, 0.15) is 22.3 Å². The number of amides is 1. The normalized spacial score (nSPS) is 10.3. The molecule has 0 bridgehead atoms. The summed E-state index contributed by atoms with van der Waals surface area (Å²) in [4.78, 5) is 22.5. The Morgan fingerprint density at radius 1 is 1.23 bits per heavy atom. The Labute approximate surface area is 156 Å². The number of rotatable bonds is 8. The van der Waals surface area contributed by atoms with Gasteiger partial charge >= 0.3 is 5.69 Å². The Morgan fingerprint density at radius 2 is 1.96 bits per heavy atom. The minimum atomic E-state index is -0.585. The van der Waals surface area contributed by atoms with E-state index in [9.17, 15) is 14.9 Å². The summed E-state index contributed by atoms with van der Waals surface area (Å²) in [7, 11) is 1.34. The van der Waals surface area contributed by atoms with Gasteiger partial charge in [-0.1, -0.05) is 11.6 Å². The molecule has 7 nitrogen and oxygen atoms in total. The van der Waals surface area contributed by atoms with Crippen LogP contribution in [0, 0.1) is 17.0 Å². The largest absolute Gasteiger partial charge is 0.493 e. The van der Waals surface area contributed by atoms with E-state index in [1.54, 1.807) is 12.1 Å². The van der Waals surface area contributed by atoms with Gasteiger partial charge in [-0.05, 0) is 49.2 Å². The maximum absolute atomic E-state index is 12.1. The third-order valence-corrected chi connectivity index (χ3v) is 3.87. The second kappa shape index (κ2) is 9.05. The molecule has 0 saturated carbocycles. The molecule has 26 heavy (non-hydrogen) atoms. The van der Waals surface area contributed by atoms with Crippen LogP contribution in [-0.2, 0) is 0 Å². The van der Waals surface area contributed by atoms with Gasteiger partial charge in [-0.15, -0.1) is 0 Å². The Kier molecular flexibility index (Phi) is 6.80. The molecule has 8 heteroatoms. The molecular weight excluding hydrogens is 360 g/mol. The third kappa shape index (κ3) is 5.10. The monoisotopic (exact) mass is 378 g/mol. The van der Waals surface area contributed by atoms with Crippen molar-refractivity contribution in [3.8, 4) is 11.5 Å². The number of methoxy groups -OCH3 is 1. The summed E-state index contributed by atoms with van der Waals surface area (Å²) in [5, 5.41) is 14.4. The molecule has 2 aromatic carbocycles. The maximum Gasteiger partial charge on any atom is 0.311 e. The number of nitro groups is 1. The fraction of sp³-hybridized carbons (Fsp3) is 0.278. The van der Waals surface area contributed by atoms with E-state index in [-0.39, 0.29) is 17.0 Å². The summed E-state index contributed by atoms with van der Waals surface area (Å²) in [5.74, 6) is 0.461. The van der Waals surface area contributed by atoms with E-state index in [2.05, 4.69) is 5.32 Å². The van der Waals surface area contributed by atoms with Gasteiger partial charge in [-0.25, -0.2) is 0 Å². The molecule has 0 spiro atoms. The Bertz CT molecular complexity index is 810. The average molecular weight is 379 g/mol. The highest BCUT2D eigenvalue weighted by atomic mass is 35.5. The standard InChI is InChI=1S/C18H19ClN2O5/c1-12-10-14(19)5-7-16(12)26-9-3-8-20-18(22)13-4-6-17(25-2)15(11-13)21(23)24/h4-7,10-11H,3,8-9H2,1-2H3,(H,20,22). The predicted molar refractivity (Wildman–Crippen MR) is 98.3 cm³/mol. The number of halogens is 1. The zero-order valence-corrected chi connectivity index (χ0v) is 15.2. The van der Waals surface area contributed by atoms with Crippen LogP contribution in [0.2, 0.25) is 5.02 Å². The molecule has 0 saturated heterocycles. The van der Waals surface area contributed by atoms with Gasteiger partial charge in [0.15, 0.2) is 5.75 Å². The number of aryl methyl sites for hydroxylation is 1. The second-order valence-corrected chi connectivity index (χ2v) is 5.95. The second-order valence-electron chi connectivity index (χ2n) is 5.51. The first-order chi connectivity index (χ1) is 12.4. The molecule has 0 atom stereocenters. The number of ether oxygens (including phenoxy) is 2. The number of carbonyl (C=O) groups excluding carboxylic acids is 1. The van der Waals surface area contributed by atoms with Crippen molar-refractivity contribution in [3.05, 3.63) is 62.7 Å². The summed E-state index contributed by atoms with van der Waals surface area (Å²) < 4.78 is 10.6. The fourth-order valence-electron chi connectivity index (χ4n) is 2.31. The van der Waals surface area contributed by atoms with Crippen LogP contribution in [0.3, 0.4) is 0 Å². The summed E-state index contributed by atoms with van der Waals surface area (Å²) in [6.07, 6.45) is 0.589. The van der Waals surface area contributed by atoms with Crippen molar-refractivity contribution in [2.75, 3.05) is 20.3 Å². The summed E-state index contributed by atoms with van der Waals surface area (Å²) in [6, 6.07) is 9.44. The molecule has 2 aromatic rings. The van der Waals surface area contributed by atoms with Crippen molar-refractivity contribution in [1.29, 1.82) is 0 Å². The first kappa shape index (κ1) is 19.5. The zero-order valence-electron chi connectivity index (χ0n) is 14.5. The van der Waals surface area contributed by atoms with E-state index in [4.69, 9.17) is 21.1 Å². The highest BCUT2D eigenvalue weighted by Crippen LogP contribution is 2.27. The van der Waals surface area contributed by atoms with Crippen LogP contribution in [0.5, 0.6) is 11.5 Å². The molecule has 0 unspecified atom stereocenters. The van der Waals surface area contributed by atoms with Gasteiger partial charge in [-0.2, -0.15) is 0 Å².